The van der Waals surface area contributed by atoms with Gasteiger partial charge in [0.05, 0.1) is 0 Å². The van der Waals surface area contributed by atoms with Crippen LogP contribution in [0.1, 0.15) is 99.3 Å². The summed E-state index contributed by atoms with van der Waals surface area (Å²) in [6, 6.07) is -0.472. The number of nitrogens with zero attached hydrogens (tertiary/aromatic N) is 1. The van der Waals surface area contributed by atoms with Crippen LogP contribution < -0.4 is 0 Å². The molecule has 10 atom stereocenters. The Labute approximate surface area is 208 Å². The van der Waals surface area contributed by atoms with Crippen LogP contribution in [0.5, 0.6) is 0 Å². The smallest absolute Gasteiger partial charge is 0.281 e. The number of carbonyl (C=O) groups is 1. The van der Waals surface area contributed by atoms with Crippen LogP contribution in [0.4, 0.5) is 0 Å². The monoisotopic (exact) mass is 465 g/mol. The molecule has 5 saturated carbocycles. The van der Waals surface area contributed by atoms with Gasteiger partial charge in [-0.3, -0.25) is 4.79 Å². The van der Waals surface area contributed by atoms with E-state index in [9.17, 15) is 9.90 Å². The van der Waals surface area contributed by atoms with E-state index in [0.29, 0.717) is 36.2 Å². The van der Waals surface area contributed by atoms with E-state index in [-0.39, 0.29) is 27.4 Å². The number of ketones is 1. The molecule has 3 nitrogen and oxygen atoms in total. The maximum Gasteiger partial charge on any atom is 0.281 e. The van der Waals surface area contributed by atoms with Crippen molar-refractivity contribution in [2.24, 2.45) is 56.7 Å². The zero-order valence-corrected chi connectivity index (χ0v) is 22.5. The number of rotatable bonds is 2. The summed E-state index contributed by atoms with van der Waals surface area (Å²) in [7, 11) is 0. The van der Waals surface area contributed by atoms with Gasteiger partial charge in [-0.15, -0.1) is 0 Å². The zero-order chi connectivity index (χ0) is 24.9. The Hall–Kier alpha value is -1.14. The minimum atomic E-state index is -0.472. The lowest BCUT2D eigenvalue weighted by Gasteiger charge is -2.72. The number of allylic oxidation sites excluding steroid dienone is 1. The molecule has 1 N–H and O–H groups in total. The first kappa shape index (κ1) is 24.5. The van der Waals surface area contributed by atoms with E-state index in [1.165, 1.54) is 37.7 Å². The Bertz CT molecular complexity index is 946. The van der Waals surface area contributed by atoms with Crippen LogP contribution in [0.2, 0.25) is 0 Å². The highest BCUT2D eigenvalue weighted by molar-refractivity contribution is 5.92. The molecule has 34 heavy (non-hydrogen) atoms. The van der Waals surface area contributed by atoms with Gasteiger partial charge in [0.25, 0.3) is 6.04 Å². The lowest BCUT2D eigenvalue weighted by atomic mass is 9.32. The van der Waals surface area contributed by atoms with Crippen LogP contribution in [0.3, 0.4) is 0 Å². The van der Waals surface area contributed by atoms with Gasteiger partial charge in [-0.1, -0.05) is 46.8 Å². The van der Waals surface area contributed by atoms with Crippen molar-refractivity contribution in [2.75, 3.05) is 6.61 Å². The molecule has 5 aliphatic rings. The summed E-state index contributed by atoms with van der Waals surface area (Å²) in [5.41, 5.74) is 1.50. The predicted molar refractivity (Wildman–Crippen MR) is 137 cm³/mol. The minimum absolute atomic E-state index is 0.0442. The van der Waals surface area contributed by atoms with E-state index in [1.807, 2.05) is 0 Å². The molecule has 0 aromatic carbocycles. The molecule has 3 heteroatoms. The predicted octanol–water partition coefficient (Wildman–Crippen LogP) is 7.10. The quantitative estimate of drug-likeness (QED) is 0.349. The second-order valence-electron chi connectivity index (χ2n) is 14.6. The number of Topliss-reactive ketones (excluding diaryl/α,β-unsaturated/α-hetero) is 1. The van der Waals surface area contributed by atoms with Crippen LogP contribution in [0.15, 0.2) is 12.2 Å². The number of hydrogen-bond donors (Lipinski definition) is 1. The fourth-order valence-electron chi connectivity index (χ4n) is 11.6. The molecule has 0 saturated heterocycles. The first-order valence-corrected chi connectivity index (χ1v) is 14.0. The van der Waals surface area contributed by atoms with Crippen LogP contribution in [-0.2, 0) is 4.79 Å². The van der Waals surface area contributed by atoms with Gasteiger partial charge in [0.2, 0.25) is 5.78 Å². The summed E-state index contributed by atoms with van der Waals surface area (Å²) in [6.07, 6.45) is 10.2. The third-order valence-corrected chi connectivity index (χ3v) is 13.4. The van der Waals surface area contributed by atoms with Gasteiger partial charge in [0.15, 0.2) is 0 Å². The lowest BCUT2D eigenvalue weighted by Crippen LogP contribution is -2.67. The Morgan fingerprint density at radius 2 is 1.71 bits per heavy atom. The van der Waals surface area contributed by atoms with Crippen molar-refractivity contribution in [1.82, 2.24) is 0 Å². The molecule has 0 spiro atoms. The van der Waals surface area contributed by atoms with Crippen LogP contribution in [-0.4, -0.2) is 23.5 Å². The van der Waals surface area contributed by atoms with E-state index in [1.54, 1.807) is 0 Å². The van der Waals surface area contributed by atoms with Gasteiger partial charge in [-0.05, 0) is 110 Å². The number of fused-ring (bicyclic) bond motifs is 7. The van der Waals surface area contributed by atoms with Crippen molar-refractivity contribution in [1.29, 1.82) is 0 Å². The summed E-state index contributed by atoms with van der Waals surface area (Å²) in [5.74, 6) is 2.85. The first-order chi connectivity index (χ1) is 15.8. The summed E-state index contributed by atoms with van der Waals surface area (Å²) in [5, 5.41) is 10.7. The van der Waals surface area contributed by atoms with Crippen molar-refractivity contribution >= 4 is 5.78 Å². The normalized spacial score (nSPS) is 53.6. The molecule has 5 rings (SSSR count). The van der Waals surface area contributed by atoms with Crippen LogP contribution in [0.25, 0.3) is 4.85 Å². The molecule has 0 aromatic heterocycles. The Morgan fingerprint density at radius 3 is 2.32 bits per heavy atom. The molecule has 1 unspecified atom stereocenters. The summed E-state index contributed by atoms with van der Waals surface area (Å²) in [6.45, 7) is 26.7. The summed E-state index contributed by atoms with van der Waals surface area (Å²) in [4.78, 5) is 17.1. The first-order valence-electron chi connectivity index (χ1n) is 14.0. The molecule has 0 aromatic rings. The van der Waals surface area contributed by atoms with Crippen molar-refractivity contribution in [3.8, 4) is 0 Å². The average molecular weight is 466 g/mol. The van der Waals surface area contributed by atoms with Gasteiger partial charge in [0.1, 0.15) is 0 Å². The SMILES string of the molecule is [C-]#[N+]C1C[C@]2(C)[C@H]3CC[C@@H]4[C@H]5[C@H](C(=C)C)CC[C@]5(CO)CC[C@@]4(C)[C@]3(C)CC[C@H]2C(C)(C)C1=O. The minimum Gasteiger partial charge on any atom is -0.396 e. The lowest BCUT2D eigenvalue weighted by molar-refractivity contribution is -0.236. The third kappa shape index (κ3) is 2.76. The van der Waals surface area contributed by atoms with E-state index < -0.39 is 11.5 Å². The molecule has 5 fully saturated rings. The van der Waals surface area contributed by atoms with Crippen molar-refractivity contribution in [3.05, 3.63) is 23.6 Å². The standard InChI is InChI=1S/C31H47NO2/c1-19(2)20-11-14-31(18-33)16-15-29(6)21(25(20)31)9-10-24-28(5)17-22(32-8)26(34)27(3,4)23(28)12-13-30(24,29)7/h20-25,33H,1,9-18H2,2-7H3/t20-,21+,22?,23-,24+,25+,28-,29+,30+,31+/m0/s1. The van der Waals surface area contributed by atoms with Crippen LogP contribution in [0, 0.1) is 63.2 Å². The van der Waals surface area contributed by atoms with Crippen LogP contribution >= 0.6 is 0 Å². The zero-order valence-electron chi connectivity index (χ0n) is 22.5. The molecule has 0 bridgehead atoms. The molecule has 0 amide bonds. The van der Waals surface area contributed by atoms with Crippen molar-refractivity contribution < 1.29 is 9.90 Å². The molecule has 5 aliphatic carbocycles. The summed E-state index contributed by atoms with van der Waals surface area (Å²) >= 11 is 0. The molecular weight excluding hydrogens is 418 g/mol. The fourth-order valence-corrected chi connectivity index (χ4v) is 11.6. The molecule has 0 radical (unpaired) electrons. The third-order valence-electron chi connectivity index (χ3n) is 13.4. The second kappa shape index (κ2) is 7.44. The van der Waals surface area contributed by atoms with Gasteiger partial charge in [-0.2, -0.15) is 0 Å². The topological polar surface area (TPSA) is 41.7 Å². The van der Waals surface area contributed by atoms with Gasteiger partial charge >= 0.3 is 0 Å². The molecular formula is C31H47NO2. The van der Waals surface area contributed by atoms with E-state index in [0.717, 1.165) is 25.7 Å². The maximum atomic E-state index is 13.3. The average Bonchev–Trinajstić information content (AvgIpc) is 3.17. The highest BCUT2D eigenvalue weighted by atomic mass is 16.3. The number of aliphatic hydroxyl groups excluding tert-OH is 1. The number of aliphatic hydroxyl groups is 1. The Morgan fingerprint density at radius 1 is 1.00 bits per heavy atom. The number of hydrogen-bond acceptors (Lipinski definition) is 2. The van der Waals surface area contributed by atoms with E-state index >= 15 is 0 Å². The van der Waals surface area contributed by atoms with Gasteiger partial charge < -0.3 is 9.95 Å². The summed E-state index contributed by atoms with van der Waals surface area (Å²) < 4.78 is 0. The second-order valence-corrected chi connectivity index (χ2v) is 14.6. The molecule has 0 aliphatic heterocycles. The van der Waals surface area contributed by atoms with Gasteiger partial charge in [-0.25, -0.2) is 6.57 Å². The Balaban J connectivity index is 1.57. The Kier molecular flexibility index (Phi) is 5.37. The van der Waals surface area contributed by atoms with Crippen molar-refractivity contribution in [3.63, 3.8) is 0 Å². The van der Waals surface area contributed by atoms with E-state index in [2.05, 4.69) is 53.0 Å². The number of carbonyl (C=O) groups excluding carboxylic acids is 1. The maximum absolute atomic E-state index is 13.3. The highest BCUT2D eigenvalue weighted by Gasteiger charge is 2.72. The van der Waals surface area contributed by atoms with Crippen molar-refractivity contribution in [2.45, 2.75) is 105 Å². The largest absolute Gasteiger partial charge is 0.396 e. The van der Waals surface area contributed by atoms with E-state index in [4.69, 9.17) is 6.57 Å². The highest BCUT2D eigenvalue weighted by Crippen LogP contribution is 2.77. The van der Waals surface area contributed by atoms with Gasteiger partial charge in [0, 0.05) is 18.4 Å². The molecule has 188 valence electrons. The molecule has 0 heterocycles. The fraction of sp³-hybridized carbons (Fsp3) is 0.871.